The molecule has 2 unspecified atom stereocenters. The van der Waals surface area contributed by atoms with Crippen LogP contribution in [0.25, 0.3) is 0 Å². The van der Waals surface area contributed by atoms with Gasteiger partial charge in [-0.3, -0.25) is 9.59 Å². The normalized spacial score (nSPS) is 13.8. The largest absolute Gasteiger partial charge is 0.477 e. The van der Waals surface area contributed by atoms with Crippen molar-refractivity contribution < 1.29 is 42.9 Å². The monoisotopic (exact) mass is 1450 g/mol. The van der Waals surface area contributed by atoms with E-state index < -0.39 is 24.3 Å². The third kappa shape index (κ3) is 84.7. The van der Waals surface area contributed by atoms with Gasteiger partial charge in [0.15, 0.2) is 6.10 Å². The van der Waals surface area contributed by atoms with Crippen molar-refractivity contribution in [1.82, 2.24) is 0 Å². The van der Waals surface area contributed by atoms with E-state index in [9.17, 15) is 19.5 Å². The number of unbranched alkanes of at least 4 members (excludes halogenated alkanes) is 24. The molecule has 2 atom stereocenters. The molecule has 0 aliphatic carbocycles. The molecule has 0 aromatic heterocycles. The number of carboxylic acids is 1. The molecule has 0 bridgehead atoms. The molecule has 0 aromatic rings. The lowest BCUT2D eigenvalue weighted by Gasteiger charge is -2.25. The molecule has 0 amide bonds. The van der Waals surface area contributed by atoms with Gasteiger partial charge in [-0.25, -0.2) is 4.79 Å². The Kier molecular flexibility index (Phi) is 78.2. The Hall–Kier alpha value is -6.39. The molecule has 1 N–H and O–H groups in total. The number of hydrogen-bond acceptors (Lipinski definition) is 7. The number of hydrogen-bond donors (Lipinski definition) is 1. The quantitative estimate of drug-likeness (QED) is 0.0211. The van der Waals surface area contributed by atoms with Crippen LogP contribution in [0.1, 0.15) is 309 Å². The van der Waals surface area contributed by atoms with Crippen LogP contribution in [0.15, 0.2) is 219 Å². The van der Waals surface area contributed by atoms with Crippen LogP contribution < -0.4 is 0 Å². The molecule has 0 saturated carbocycles. The summed E-state index contributed by atoms with van der Waals surface area (Å²) in [6, 6.07) is 0. The number of likely N-dealkylation sites (N-methyl/N-ethyl adjacent to an activating group) is 1. The molecular weight excluding hydrogens is 1300 g/mol. The van der Waals surface area contributed by atoms with E-state index >= 15 is 0 Å². The second-order valence-electron chi connectivity index (χ2n) is 28.3. The second-order valence-corrected chi connectivity index (χ2v) is 28.3. The number of nitrogens with zero attached hydrogens (tertiary/aromatic N) is 1. The van der Waals surface area contributed by atoms with Gasteiger partial charge in [0.25, 0.3) is 6.29 Å². The van der Waals surface area contributed by atoms with Gasteiger partial charge >= 0.3 is 17.9 Å². The lowest BCUT2D eigenvalue weighted by Crippen LogP contribution is -2.40. The fourth-order valence-electron chi connectivity index (χ4n) is 10.9. The first kappa shape index (κ1) is 98.6. The van der Waals surface area contributed by atoms with E-state index in [0.717, 1.165) is 148 Å². The van der Waals surface area contributed by atoms with Crippen molar-refractivity contribution in [2.45, 2.75) is 322 Å². The van der Waals surface area contributed by atoms with Crippen LogP contribution in [-0.2, 0) is 33.3 Å². The average molecular weight is 1450 g/mol. The number of aliphatic carboxylic acids is 1. The maximum atomic E-state index is 13.0. The van der Waals surface area contributed by atoms with Crippen molar-refractivity contribution in [2.75, 3.05) is 47.5 Å². The zero-order valence-corrected chi connectivity index (χ0v) is 67.5. The molecule has 590 valence electrons. The van der Waals surface area contributed by atoms with Gasteiger partial charge in [-0.2, -0.15) is 0 Å². The van der Waals surface area contributed by atoms with Crippen LogP contribution in [-0.4, -0.2) is 87.4 Å². The Bertz CT molecular complexity index is 2550. The van der Waals surface area contributed by atoms with E-state index in [4.69, 9.17) is 18.9 Å². The molecule has 9 heteroatoms. The highest BCUT2D eigenvalue weighted by atomic mass is 16.7. The minimum Gasteiger partial charge on any atom is -0.477 e. The van der Waals surface area contributed by atoms with Gasteiger partial charge in [0.1, 0.15) is 13.2 Å². The zero-order chi connectivity index (χ0) is 76.0. The number of esters is 2. The summed E-state index contributed by atoms with van der Waals surface area (Å²) in [6.45, 7) is 4.59. The summed E-state index contributed by atoms with van der Waals surface area (Å²) in [4.78, 5) is 37.8. The summed E-state index contributed by atoms with van der Waals surface area (Å²) in [5.41, 5.74) is 0. The summed E-state index contributed by atoms with van der Waals surface area (Å²) in [5.74, 6) is -2.08. The minimum absolute atomic E-state index is 0.170. The SMILES string of the molecule is CC/C=C\C/C=C\C/C=C\C/C=C\C/C=C\C/C=C\C/C=C\C/C=C\C/C=C\C/C=C\C/C=C\C/C=C\CCCCC(=O)OC(COC(=O)CCCCCCCCCCCCCCCCCCCCCCCC/C=C\C/C=C\C/C=C\C/C=C\C/C=C\C/C=C\CC)COC(OCC[N+](C)(C)C)C(=O)O. The number of allylic oxidation sites excluding steroid dienone is 36. The van der Waals surface area contributed by atoms with Gasteiger partial charge in [-0.1, -0.05) is 361 Å². The van der Waals surface area contributed by atoms with Crippen LogP contribution in [0.4, 0.5) is 0 Å². The van der Waals surface area contributed by atoms with Gasteiger partial charge in [0.2, 0.25) is 0 Å². The summed E-state index contributed by atoms with van der Waals surface area (Å²) < 4.78 is 23.0. The minimum atomic E-state index is -1.54. The molecule has 0 aliphatic heterocycles. The molecule has 0 fully saturated rings. The van der Waals surface area contributed by atoms with Crippen molar-refractivity contribution >= 4 is 17.9 Å². The number of carbonyl (C=O) groups excluding carboxylic acids is 2. The summed E-state index contributed by atoms with van der Waals surface area (Å²) in [6.07, 6.45) is 128. The van der Waals surface area contributed by atoms with Gasteiger partial charge in [-0.15, -0.1) is 0 Å². The van der Waals surface area contributed by atoms with E-state index in [-0.39, 0.29) is 38.6 Å². The number of quaternary nitrogens is 1. The first-order chi connectivity index (χ1) is 51.6. The number of rotatable bonds is 75. The summed E-state index contributed by atoms with van der Waals surface area (Å²) in [7, 11) is 5.96. The van der Waals surface area contributed by atoms with Gasteiger partial charge < -0.3 is 28.5 Å². The fraction of sp³-hybridized carbons (Fsp3) is 0.594. The van der Waals surface area contributed by atoms with E-state index in [1.165, 1.54) is 128 Å². The second kappa shape index (κ2) is 83.3. The molecule has 0 spiro atoms. The highest BCUT2D eigenvalue weighted by molar-refractivity contribution is 5.71. The Morgan fingerprint density at radius 1 is 0.286 bits per heavy atom. The molecule has 0 heterocycles. The van der Waals surface area contributed by atoms with Gasteiger partial charge in [0, 0.05) is 12.8 Å². The first-order valence-electron chi connectivity index (χ1n) is 41.9. The van der Waals surface area contributed by atoms with Crippen molar-refractivity contribution in [3.05, 3.63) is 219 Å². The van der Waals surface area contributed by atoms with E-state index in [1.807, 2.05) is 21.1 Å². The number of carboxylic acid groups (broad SMARTS) is 1. The molecule has 0 aliphatic rings. The molecule has 0 radical (unpaired) electrons. The first-order valence-corrected chi connectivity index (χ1v) is 41.9. The smallest absolute Gasteiger partial charge is 0.361 e. The number of ether oxygens (including phenoxy) is 4. The van der Waals surface area contributed by atoms with Crippen LogP contribution >= 0.6 is 0 Å². The topological polar surface area (TPSA) is 108 Å². The fourth-order valence-corrected chi connectivity index (χ4v) is 10.9. The molecule has 0 aromatic carbocycles. The lowest BCUT2D eigenvalue weighted by molar-refractivity contribution is -0.870. The molecule has 105 heavy (non-hydrogen) atoms. The van der Waals surface area contributed by atoms with E-state index in [1.54, 1.807) is 0 Å². The number of carbonyl (C=O) groups is 3. The Morgan fingerprint density at radius 2 is 0.514 bits per heavy atom. The highest BCUT2D eigenvalue weighted by Gasteiger charge is 2.25. The van der Waals surface area contributed by atoms with Crippen LogP contribution in [0.5, 0.6) is 0 Å². The third-order valence-electron chi connectivity index (χ3n) is 17.2. The molecule has 9 nitrogen and oxygen atoms in total. The summed E-state index contributed by atoms with van der Waals surface area (Å²) >= 11 is 0. The molecule has 0 saturated heterocycles. The Labute approximate surface area is 645 Å². The Morgan fingerprint density at radius 3 is 0.781 bits per heavy atom. The maximum absolute atomic E-state index is 13.0. The van der Waals surface area contributed by atoms with E-state index in [2.05, 4.69) is 233 Å². The molecule has 0 rings (SSSR count). The van der Waals surface area contributed by atoms with Crippen molar-refractivity contribution in [3.8, 4) is 0 Å². The van der Waals surface area contributed by atoms with Crippen LogP contribution in [0.2, 0.25) is 0 Å². The van der Waals surface area contributed by atoms with Crippen molar-refractivity contribution in [1.29, 1.82) is 0 Å². The lowest BCUT2D eigenvalue weighted by atomic mass is 10.0. The van der Waals surface area contributed by atoms with Gasteiger partial charge in [-0.05, 0) is 154 Å². The average Bonchev–Trinajstić information content (AvgIpc) is 1.97. The highest BCUT2D eigenvalue weighted by Crippen LogP contribution is 2.17. The van der Waals surface area contributed by atoms with Crippen LogP contribution in [0, 0.1) is 0 Å². The summed E-state index contributed by atoms with van der Waals surface area (Å²) in [5, 5.41) is 9.78. The Balaban J connectivity index is 4.13. The van der Waals surface area contributed by atoms with E-state index in [0.29, 0.717) is 17.4 Å². The predicted octanol–water partition coefficient (Wildman–Crippen LogP) is 27.6. The van der Waals surface area contributed by atoms with Crippen LogP contribution in [0.3, 0.4) is 0 Å². The van der Waals surface area contributed by atoms with Gasteiger partial charge in [0.05, 0.1) is 34.4 Å². The van der Waals surface area contributed by atoms with Crippen molar-refractivity contribution in [2.24, 2.45) is 0 Å². The third-order valence-corrected chi connectivity index (χ3v) is 17.2. The van der Waals surface area contributed by atoms with Crippen molar-refractivity contribution in [3.63, 3.8) is 0 Å². The predicted molar refractivity (Wildman–Crippen MR) is 455 cm³/mol. The maximum Gasteiger partial charge on any atom is 0.361 e. The standard InChI is InChI=1S/C96H153NO8/c1-6-8-10-12-14-16-18-20-22-24-26-28-30-32-34-36-38-40-42-44-46-47-49-50-52-54-56-58-60-62-64-66-68-70-72-74-76-78-80-82-84-86-93(98)103-90-92(91-104-96(95(100)101)102-89-88-97(3,4)5)105-94(99)87-85-83-81-79-77-75-73-71-69-67-65-63-61-59-57-55-53-51-48-45-43-41-39-37-35-33-31-29-27-25-23-21-19-17-15-13-11-9-7-2/h8-11,14-17,20-23,26-29,32-35,38-41,45,48,53,55,59,61,65,67,71,73,77,79,92,96H,6-7,12-13,18-19,24-25,30-31,36-37,42-44,46-47,49-52,54,56-58,60,62-64,66,68-70,72,74-76,78,80-91H2,1-5H3/p+1/b10-8-,11-9-,16-14-,17-15-,22-20-,23-21-,28-26-,29-27-,34-32-,35-33-,40-38-,41-39-,48-45-,55-53-,61-59-,67-65-,73-71-,79-77-. The molecular formula is C96H154NO8+. The zero-order valence-electron chi connectivity index (χ0n) is 67.5.